The number of rotatable bonds is 7. The SMILES string of the molecule is C/C(=C\CCC1(C)OCCO1)CCCC(C)C. The third-order valence-corrected chi connectivity index (χ3v) is 3.34. The van der Waals surface area contributed by atoms with Crippen LogP contribution in [0, 0.1) is 5.92 Å². The second-order valence-corrected chi connectivity index (χ2v) is 5.71. The van der Waals surface area contributed by atoms with Gasteiger partial charge in [-0.15, -0.1) is 0 Å². The quantitative estimate of drug-likeness (QED) is 0.618. The molecule has 0 aromatic carbocycles. The fraction of sp³-hybridized carbons (Fsp3) is 0.867. The second-order valence-electron chi connectivity index (χ2n) is 5.71. The first-order valence-electron chi connectivity index (χ1n) is 6.95. The van der Waals surface area contributed by atoms with Crippen molar-refractivity contribution in [2.75, 3.05) is 13.2 Å². The lowest BCUT2D eigenvalue weighted by Gasteiger charge is -2.21. The minimum absolute atomic E-state index is 0.325. The molecule has 1 fully saturated rings. The summed E-state index contributed by atoms with van der Waals surface area (Å²) in [6.07, 6.45) is 8.24. The Balaban J connectivity index is 2.14. The van der Waals surface area contributed by atoms with Gasteiger partial charge in [0.1, 0.15) is 0 Å². The van der Waals surface area contributed by atoms with Gasteiger partial charge in [-0.1, -0.05) is 31.9 Å². The highest BCUT2D eigenvalue weighted by Gasteiger charge is 2.29. The third-order valence-electron chi connectivity index (χ3n) is 3.34. The molecule has 0 unspecified atom stereocenters. The zero-order valence-corrected chi connectivity index (χ0v) is 11.9. The van der Waals surface area contributed by atoms with Gasteiger partial charge in [-0.05, 0) is 39.0 Å². The van der Waals surface area contributed by atoms with Crippen LogP contribution >= 0.6 is 0 Å². The Morgan fingerprint density at radius 3 is 2.53 bits per heavy atom. The normalized spacial score (nSPS) is 20.2. The fourth-order valence-corrected chi connectivity index (χ4v) is 2.17. The van der Waals surface area contributed by atoms with Crippen LogP contribution in [0.1, 0.15) is 59.8 Å². The predicted molar refractivity (Wildman–Crippen MR) is 72.0 cm³/mol. The summed E-state index contributed by atoms with van der Waals surface area (Å²) in [6.45, 7) is 10.3. The molecule has 0 aromatic rings. The molecule has 2 nitrogen and oxygen atoms in total. The van der Waals surface area contributed by atoms with Gasteiger partial charge < -0.3 is 9.47 Å². The van der Waals surface area contributed by atoms with E-state index in [0.717, 1.165) is 32.0 Å². The summed E-state index contributed by atoms with van der Waals surface area (Å²) in [6, 6.07) is 0. The lowest BCUT2D eigenvalue weighted by molar-refractivity contribution is -0.145. The van der Waals surface area contributed by atoms with Crippen LogP contribution in [0.15, 0.2) is 11.6 Å². The van der Waals surface area contributed by atoms with E-state index in [1.54, 1.807) is 0 Å². The summed E-state index contributed by atoms with van der Waals surface area (Å²) in [5, 5.41) is 0. The minimum atomic E-state index is -0.325. The highest BCUT2D eigenvalue weighted by molar-refractivity contribution is 4.98. The van der Waals surface area contributed by atoms with Crippen molar-refractivity contribution in [2.24, 2.45) is 5.92 Å². The van der Waals surface area contributed by atoms with E-state index in [1.165, 1.54) is 24.8 Å². The first kappa shape index (κ1) is 14.7. The minimum Gasteiger partial charge on any atom is -0.348 e. The second kappa shape index (κ2) is 7.17. The van der Waals surface area contributed by atoms with Crippen LogP contribution in [0.2, 0.25) is 0 Å². The van der Waals surface area contributed by atoms with Crippen molar-refractivity contribution in [1.29, 1.82) is 0 Å². The van der Waals surface area contributed by atoms with Crippen LogP contribution in [0.25, 0.3) is 0 Å². The van der Waals surface area contributed by atoms with Crippen LogP contribution in [0.5, 0.6) is 0 Å². The Morgan fingerprint density at radius 1 is 1.29 bits per heavy atom. The smallest absolute Gasteiger partial charge is 0.166 e. The number of allylic oxidation sites excluding steroid dienone is 2. The lowest BCUT2D eigenvalue weighted by atomic mass is 10.0. The Morgan fingerprint density at radius 2 is 1.94 bits per heavy atom. The highest BCUT2D eigenvalue weighted by atomic mass is 16.7. The molecule has 0 aromatic heterocycles. The van der Waals surface area contributed by atoms with Gasteiger partial charge in [-0.3, -0.25) is 0 Å². The molecule has 0 atom stereocenters. The van der Waals surface area contributed by atoms with Crippen molar-refractivity contribution in [3.05, 3.63) is 11.6 Å². The van der Waals surface area contributed by atoms with Gasteiger partial charge in [0.25, 0.3) is 0 Å². The lowest BCUT2D eigenvalue weighted by Crippen LogP contribution is -2.24. The van der Waals surface area contributed by atoms with E-state index < -0.39 is 0 Å². The maximum Gasteiger partial charge on any atom is 0.166 e. The first-order valence-corrected chi connectivity index (χ1v) is 6.95. The molecule has 1 rings (SSSR count). The average molecular weight is 240 g/mol. The van der Waals surface area contributed by atoms with Gasteiger partial charge in [-0.25, -0.2) is 0 Å². The maximum atomic E-state index is 5.58. The Kier molecular flexibility index (Phi) is 6.21. The molecule has 0 amide bonds. The molecule has 0 bridgehead atoms. The van der Waals surface area contributed by atoms with Crippen molar-refractivity contribution in [3.8, 4) is 0 Å². The van der Waals surface area contributed by atoms with Crippen LogP contribution in [-0.2, 0) is 9.47 Å². The first-order chi connectivity index (χ1) is 8.02. The summed E-state index contributed by atoms with van der Waals surface area (Å²) in [5.41, 5.74) is 1.51. The molecule has 0 N–H and O–H groups in total. The zero-order valence-electron chi connectivity index (χ0n) is 11.9. The van der Waals surface area contributed by atoms with E-state index in [2.05, 4.69) is 26.8 Å². The van der Waals surface area contributed by atoms with Gasteiger partial charge in [-0.2, -0.15) is 0 Å². The van der Waals surface area contributed by atoms with Crippen molar-refractivity contribution in [1.82, 2.24) is 0 Å². The predicted octanol–water partition coefficient (Wildman–Crippen LogP) is 4.30. The molecule has 2 heteroatoms. The number of hydrogen-bond donors (Lipinski definition) is 0. The number of hydrogen-bond acceptors (Lipinski definition) is 2. The monoisotopic (exact) mass is 240 g/mol. The Bertz CT molecular complexity index is 237. The third kappa shape index (κ3) is 6.23. The van der Waals surface area contributed by atoms with Crippen LogP contribution in [0.3, 0.4) is 0 Å². The van der Waals surface area contributed by atoms with E-state index in [0.29, 0.717) is 0 Å². The van der Waals surface area contributed by atoms with E-state index in [4.69, 9.17) is 9.47 Å². The topological polar surface area (TPSA) is 18.5 Å². The molecule has 1 saturated heterocycles. The van der Waals surface area contributed by atoms with Gasteiger partial charge in [0.2, 0.25) is 0 Å². The maximum absolute atomic E-state index is 5.58. The van der Waals surface area contributed by atoms with Gasteiger partial charge >= 0.3 is 0 Å². The van der Waals surface area contributed by atoms with Crippen molar-refractivity contribution < 1.29 is 9.47 Å². The summed E-state index contributed by atoms with van der Waals surface area (Å²) in [4.78, 5) is 0. The molecule has 0 spiro atoms. The molecule has 100 valence electrons. The largest absolute Gasteiger partial charge is 0.348 e. The van der Waals surface area contributed by atoms with Crippen molar-refractivity contribution >= 4 is 0 Å². The van der Waals surface area contributed by atoms with Crippen molar-refractivity contribution in [2.45, 2.75) is 65.6 Å². The molecule has 0 radical (unpaired) electrons. The fourth-order valence-electron chi connectivity index (χ4n) is 2.17. The molecule has 0 saturated carbocycles. The Hall–Kier alpha value is -0.340. The summed E-state index contributed by atoms with van der Waals surface area (Å²) in [7, 11) is 0. The molecule has 1 aliphatic heterocycles. The van der Waals surface area contributed by atoms with Gasteiger partial charge in [0, 0.05) is 6.42 Å². The van der Waals surface area contributed by atoms with Crippen molar-refractivity contribution in [3.63, 3.8) is 0 Å². The summed E-state index contributed by atoms with van der Waals surface area (Å²) >= 11 is 0. The molecule has 1 heterocycles. The van der Waals surface area contributed by atoms with Gasteiger partial charge in [0.05, 0.1) is 13.2 Å². The van der Waals surface area contributed by atoms with Crippen LogP contribution in [0.4, 0.5) is 0 Å². The molecule has 1 aliphatic rings. The summed E-state index contributed by atoms with van der Waals surface area (Å²) in [5.74, 6) is 0.497. The van der Waals surface area contributed by atoms with E-state index in [1.807, 2.05) is 6.92 Å². The standard InChI is InChI=1S/C15H28O2/c1-13(2)7-5-8-14(3)9-6-10-15(4)16-11-12-17-15/h9,13H,5-8,10-12H2,1-4H3/b14-9+. The van der Waals surface area contributed by atoms with E-state index >= 15 is 0 Å². The average Bonchev–Trinajstić information content (AvgIpc) is 2.65. The van der Waals surface area contributed by atoms with E-state index in [9.17, 15) is 0 Å². The highest BCUT2D eigenvalue weighted by Crippen LogP contribution is 2.24. The Labute approximate surface area is 106 Å². The molecular weight excluding hydrogens is 212 g/mol. The van der Waals surface area contributed by atoms with Crippen LogP contribution in [-0.4, -0.2) is 19.0 Å². The summed E-state index contributed by atoms with van der Waals surface area (Å²) < 4.78 is 11.2. The molecular formula is C15H28O2. The zero-order chi connectivity index (χ0) is 12.7. The molecule has 0 aliphatic carbocycles. The van der Waals surface area contributed by atoms with E-state index in [-0.39, 0.29) is 5.79 Å². The number of ether oxygens (including phenoxy) is 2. The molecule has 17 heavy (non-hydrogen) atoms. The van der Waals surface area contributed by atoms with Gasteiger partial charge in [0.15, 0.2) is 5.79 Å². The van der Waals surface area contributed by atoms with Crippen LogP contribution < -0.4 is 0 Å².